The highest BCUT2D eigenvalue weighted by Gasteiger charge is 2.39. The molecule has 0 spiro atoms. The van der Waals surface area contributed by atoms with Crippen LogP contribution in [0, 0.1) is 5.82 Å². The van der Waals surface area contributed by atoms with Gasteiger partial charge in [0.05, 0.1) is 18.8 Å². The van der Waals surface area contributed by atoms with E-state index in [2.05, 4.69) is 11.4 Å². The molecule has 0 saturated carbocycles. The van der Waals surface area contributed by atoms with Crippen molar-refractivity contribution in [2.24, 2.45) is 0 Å². The van der Waals surface area contributed by atoms with Gasteiger partial charge in [-0.2, -0.15) is 0 Å². The van der Waals surface area contributed by atoms with Crippen molar-refractivity contribution in [2.75, 3.05) is 19.7 Å². The Labute approximate surface area is 170 Å². The highest BCUT2D eigenvalue weighted by molar-refractivity contribution is 5.82. The third-order valence-electron chi connectivity index (χ3n) is 5.89. The molecule has 4 rings (SSSR count). The predicted molar refractivity (Wildman–Crippen MR) is 108 cm³/mol. The van der Waals surface area contributed by atoms with Crippen LogP contribution in [0.2, 0.25) is 0 Å². The van der Waals surface area contributed by atoms with Crippen LogP contribution in [-0.4, -0.2) is 53.9 Å². The number of halogens is 1. The number of hydrogen-bond donors (Lipinski definition) is 2. The first-order valence-corrected chi connectivity index (χ1v) is 10.2. The lowest BCUT2D eigenvalue weighted by Crippen LogP contribution is -2.55. The number of carbonyl (C=O) groups excluding carboxylic acids is 1. The molecule has 0 radical (unpaired) electrons. The molecule has 2 N–H and O–H groups in total. The maximum atomic E-state index is 13.5. The summed E-state index contributed by atoms with van der Waals surface area (Å²) in [6.45, 7) is 3.41. The summed E-state index contributed by atoms with van der Waals surface area (Å²) in [7, 11) is 0. The topological polar surface area (TPSA) is 61.8 Å². The number of hydrogen-bond acceptors (Lipinski definition) is 4. The van der Waals surface area contributed by atoms with Crippen LogP contribution in [0.1, 0.15) is 36.1 Å². The second-order valence-electron chi connectivity index (χ2n) is 7.72. The molecule has 2 aromatic rings. The lowest BCUT2D eigenvalue weighted by molar-refractivity contribution is -0.155. The van der Waals surface area contributed by atoms with Crippen LogP contribution < -0.4 is 5.32 Å². The van der Waals surface area contributed by atoms with E-state index in [0.717, 1.165) is 24.1 Å². The quantitative estimate of drug-likeness (QED) is 0.831. The maximum absolute atomic E-state index is 13.5. The molecule has 2 heterocycles. The predicted octanol–water partition coefficient (Wildman–Crippen LogP) is 2.43. The van der Waals surface area contributed by atoms with Crippen LogP contribution in [-0.2, 0) is 16.0 Å². The molecule has 0 aliphatic carbocycles. The summed E-state index contributed by atoms with van der Waals surface area (Å²) in [6, 6.07) is 14.0. The fourth-order valence-corrected chi connectivity index (χ4v) is 4.43. The number of fused-ring (bicyclic) bond motifs is 1. The number of nitrogens with zero attached hydrogens (tertiary/aromatic N) is 1. The molecule has 1 amide bonds. The molecule has 2 aliphatic heterocycles. The average molecular weight is 398 g/mol. The molecule has 4 atom stereocenters. The van der Waals surface area contributed by atoms with Gasteiger partial charge in [0.25, 0.3) is 5.91 Å². The normalized spacial score (nSPS) is 26.8. The van der Waals surface area contributed by atoms with Crippen LogP contribution >= 0.6 is 0 Å². The number of nitrogens with one attached hydrogen (secondary N) is 1. The Morgan fingerprint density at radius 2 is 2.00 bits per heavy atom. The zero-order valence-corrected chi connectivity index (χ0v) is 16.6. The van der Waals surface area contributed by atoms with Gasteiger partial charge in [0, 0.05) is 19.0 Å². The summed E-state index contributed by atoms with van der Waals surface area (Å²) < 4.78 is 19.2. The summed E-state index contributed by atoms with van der Waals surface area (Å²) in [5, 5.41) is 13.4. The van der Waals surface area contributed by atoms with E-state index >= 15 is 0 Å². The third kappa shape index (κ3) is 4.06. The number of benzene rings is 2. The minimum Gasteiger partial charge on any atom is -0.389 e. The number of amides is 1. The number of aliphatic hydroxyl groups excluding tert-OH is 1. The van der Waals surface area contributed by atoms with Gasteiger partial charge >= 0.3 is 0 Å². The fraction of sp³-hybridized carbons (Fsp3) is 0.435. The van der Waals surface area contributed by atoms with Crippen LogP contribution in [0.25, 0.3) is 0 Å². The Morgan fingerprint density at radius 1 is 1.24 bits per heavy atom. The van der Waals surface area contributed by atoms with Crippen molar-refractivity contribution in [2.45, 2.75) is 44.1 Å². The molecule has 0 unspecified atom stereocenters. The lowest BCUT2D eigenvalue weighted by Gasteiger charge is -2.41. The number of likely N-dealkylation sites (N-methyl/N-ethyl adjacent to an activating group) is 1. The minimum absolute atomic E-state index is 0.0800. The SMILES string of the molecule is CCN[C@H]1C[C@H](C(=O)N2CCc3ccccc3[C@@H]2c2ccc(F)cc2)OC[C@H]1O. The highest BCUT2D eigenvalue weighted by atomic mass is 19.1. The second-order valence-corrected chi connectivity index (χ2v) is 7.72. The molecule has 29 heavy (non-hydrogen) atoms. The zero-order valence-electron chi connectivity index (χ0n) is 16.6. The van der Waals surface area contributed by atoms with Crippen LogP contribution in [0.15, 0.2) is 48.5 Å². The van der Waals surface area contributed by atoms with Gasteiger partial charge in [-0.3, -0.25) is 4.79 Å². The molecule has 0 bridgehead atoms. The monoisotopic (exact) mass is 398 g/mol. The first kappa shape index (κ1) is 20.0. The number of ether oxygens (including phenoxy) is 1. The molecule has 1 fully saturated rings. The van der Waals surface area contributed by atoms with Crippen molar-refractivity contribution in [3.63, 3.8) is 0 Å². The summed E-state index contributed by atoms with van der Waals surface area (Å²) in [5.74, 6) is -0.377. The first-order chi connectivity index (χ1) is 14.1. The summed E-state index contributed by atoms with van der Waals surface area (Å²) in [4.78, 5) is 15.3. The lowest BCUT2D eigenvalue weighted by atomic mass is 9.87. The molecule has 5 nitrogen and oxygen atoms in total. The van der Waals surface area contributed by atoms with Gasteiger partial charge in [-0.15, -0.1) is 0 Å². The van der Waals surface area contributed by atoms with Crippen molar-refractivity contribution in [3.8, 4) is 0 Å². The van der Waals surface area contributed by atoms with E-state index in [1.54, 1.807) is 12.1 Å². The molecule has 154 valence electrons. The smallest absolute Gasteiger partial charge is 0.252 e. The van der Waals surface area contributed by atoms with Gasteiger partial charge in [0.2, 0.25) is 0 Å². The number of carbonyl (C=O) groups is 1. The van der Waals surface area contributed by atoms with Gasteiger partial charge < -0.3 is 20.1 Å². The minimum atomic E-state index is -0.617. The Bertz CT molecular complexity index is 857. The molecular weight excluding hydrogens is 371 g/mol. The van der Waals surface area contributed by atoms with Gasteiger partial charge in [0.15, 0.2) is 0 Å². The van der Waals surface area contributed by atoms with E-state index < -0.39 is 12.2 Å². The molecule has 2 aliphatic rings. The molecule has 2 aromatic carbocycles. The van der Waals surface area contributed by atoms with Gasteiger partial charge in [-0.25, -0.2) is 4.39 Å². The second kappa shape index (κ2) is 8.61. The summed E-state index contributed by atoms with van der Waals surface area (Å²) >= 11 is 0. The average Bonchev–Trinajstić information content (AvgIpc) is 2.75. The Morgan fingerprint density at radius 3 is 2.76 bits per heavy atom. The highest BCUT2D eigenvalue weighted by Crippen LogP contribution is 2.36. The van der Waals surface area contributed by atoms with Gasteiger partial charge in [-0.1, -0.05) is 43.3 Å². The van der Waals surface area contributed by atoms with E-state index in [4.69, 9.17) is 4.74 Å². The Balaban J connectivity index is 1.64. The van der Waals surface area contributed by atoms with Gasteiger partial charge in [-0.05, 0) is 41.8 Å². The van der Waals surface area contributed by atoms with E-state index in [-0.39, 0.29) is 30.4 Å². The summed E-state index contributed by atoms with van der Waals surface area (Å²) in [5.41, 5.74) is 3.15. The fourth-order valence-electron chi connectivity index (χ4n) is 4.43. The maximum Gasteiger partial charge on any atom is 0.252 e. The van der Waals surface area contributed by atoms with Crippen molar-refractivity contribution in [1.82, 2.24) is 10.2 Å². The number of rotatable bonds is 4. The van der Waals surface area contributed by atoms with Crippen LogP contribution in [0.4, 0.5) is 4.39 Å². The van der Waals surface area contributed by atoms with Crippen molar-refractivity contribution in [1.29, 1.82) is 0 Å². The molecule has 0 aromatic heterocycles. The van der Waals surface area contributed by atoms with Crippen LogP contribution in [0.5, 0.6) is 0 Å². The Kier molecular flexibility index (Phi) is 5.94. The van der Waals surface area contributed by atoms with E-state index in [9.17, 15) is 14.3 Å². The van der Waals surface area contributed by atoms with Crippen LogP contribution in [0.3, 0.4) is 0 Å². The molecule has 6 heteroatoms. The summed E-state index contributed by atoms with van der Waals surface area (Å²) in [6.07, 6.45) is -0.0158. The standard InChI is InChI=1S/C23H27FN2O3/c1-2-25-19-13-21(29-14-20(19)27)23(28)26-12-11-15-5-3-4-6-18(15)22(26)16-7-9-17(24)10-8-16/h3-10,19-22,25,27H,2,11-14H2,1H3/t19-,20+,21+,22-/m0/s1. The van der Waals surface area contributed by atoms with E-state index in [1.165, 1.54) is 17.7 Å². The molecule has 1 saturated heterocycles. The van der Waals surface area contributed by atoms with Crippen molar-refractivity contribution >= 4 is 5.91 Å². The van der Waals surface area contributed by atoms with Crippen molar-refractivity contribution < 1.29 is 19.0 Å². The third-order valence-corrected chi connectivity index (χ3v) is 5.89. The van der Waals surface area contributed by atoms with Crippen molar-refractivity contribution in [3.05, 3.63) is 71.0 Å². The zero-order chi connectivity index (χ0) is 20.4. The first-order valence-electron chi connectivity index (χ1n) is 10.2. The van der Waals surface area contributed by atoms with E-state index in [0.29, 0.717) is 13.0 Å². The van der Waals surface area contributed by atoms with Gasteiger partial charge in [0.1, 0.15) is 11.9 Å². The largest absolute Gasteiger partial charge is 0.389 e. The Hall–Kier alpha value is -2.28. The van der Waals surface area contributed by atoms with E-state index in [1.807, 2.05) is 30.0 Å². The molecular formula is C23H27FN2O3. The number of aliphatic hydroxyl groups is 1.